The van der Waals surface area contributed by atoms with Gasteiger partial charge in [0.05, 0.1) is 5.69 Å². The number of benzene rings is 1. The van der Waals surface area contributed by atoms with Crippen LogP contribution in [0, 0.1) is 6.92 Å². The SMILES string of the molecule is Cc1cccc(NC(N)S)c1Br. The summed E-state index contributed by atoms with van der Waals surface area (Å²) in [5.74, 6) is 0. The first-order valence-corrected chi connectivity index (χ1v) is 4.87. The molecule has 0 aliphatic rings. The topological polar surface area (TPSA) is 38.0 Å². The molecule has 12 heavy (non-hydrogen) atoms. The van der Waals surface area contributed by atoms with Crippen LogP contribution >= 0.6 is 28.6 Å². The Morgan fingerprint density at radius 3 is 2.83 bits per heavy atom. The molecule has 4 heteroatoms. The van der Waals surface area contributed by atoms with Gasteiger partial charge >= 0.3 is 0 Å². The monoisotopic (exact) mass is 246 g/mol. The molecule has 0 spiro atoms. The summed E-state index contributed by atoms with van der Waals surface area (Å²) in [6, 6.07) is 5.95. The highest BCUT2D eigenvalue weighted by Crippen LogP contribution is 2.25. The van der Waals surface area contributed by atoms with Crippen molar-refractivity contribution in [2.75, 3.05) is 5.32 Å². The minimum Gasteiger partial charge on any atom is -0.361 e. The third-order valence-corrected chi connectivity index (χ3v) is 2.68. The summed E-state index contributed by atoms with van der Waals surface area (Å²) in [7, 11) is 0. The zero-order valence-electron chi connectivity index (χ0n) is 6.71. The van der Waals surface area contributed by atoms with Crippen molar-refractivity contribution in [2.24, 2.45) is 5.73 Å². The maximum absolute atomic E-state index is 5.48. The maximum atomic E-state index is 5.48. The van der Waals surface area contributed by atoms with Crippen LogP contribution < -0.4 is 11.1 Å². The average molecular weight is 247 g/mol. The fourth-order valence-corrected chi connectivity index (χ4v) is 1.44. The van der Waals surface area contributed by atoms with Gasteiger partial charge in [0.25, 0.3) is 0 Å². The van der Waals surface area contributed by atoms with E-state index in [0.717, 1.165) is 10.2 Å². The van der Waals surface area contributed by atoms with Gasteiger partial charge in [0.1, 0.15) is 5.50 Å². The van der Waals surface area contributed by atoms with E-state index in [2.05, 4.69) is 33.9 Å². The molecule has 1 aromatic carbocycles. The minimum atomic E-state index is -0.330. The third-order valence-electron chi connectivity index (χ3n) is 1.50. The van der Waals surface area contributed by atoms with Crippen LogP contribution in [0.1, 0.15) is 5.56 Å². The summed E-state index contributed by atoms with van der Waals surface area (Å²) in [6.07, 6.45) is 0. The van der Waals surface area contributed by atoms with Crippen molar-refractivity contribution in [1.82, 2.24) is 0 Å². The molecule has 0 heterocycles. The Labute approximate surface area is 86.1 Å². The lowest BCUT2D eigenvalue weighted by Gasteiger charge is -2.12. The fraction of sp³-hybridized carbons (Fsp3) is 0.250. The van der Waals surface area contributed by atoms with Gasteiger partial charge in [-0.15, -0.1) is 12.6 Å². The molecule has 3 N–H and O–H groups in total. The normalized spacial score (nSPS) is 12.7. The summed E-state index contributed by atoms with van der Waals surface area (Å²) in [5, 5.41) is 3.01. The molecular formula is C8H11BrN2S. The molecule has 1 rings (SSSR count). The molecular weight excluding hydrogens is 236 g/mol. The molecule has 0 amide bonds. The van der Waals surface area contributed by atoms with Crippen LogP contribution in [0.3, 0.4) is 0 Å². The number of nitrogens with one attached hydrogen (secondary N) is 1. The van der Waals surface area contributed by atoms with Crippen molar-refractivity contribution in [3.8, 4) is 0 Å². The lowest BCUT2D eigenvalue weighted by molar-refractivity contribution is 1.07. The van der Waals surface area contributed by atoms with Gasteiger partial charge in [-0.05, 0) is 34.5 Å². The standard InChI is InChI=1S/C8H11BrN2S/c1-5-3-2-4-6(7(5)9)11-8(10)12/h2-4,8,11-12H,10H2,1H3. The summed E-state index contributed by atoms with van der Waals surface area (Å²) in [6.45, 7) is 2.03. The van der Waals surface area contributed by atoms with Crippen LogP contribution in [-0.2, 0) is 0 Å². The Morgan fingerprint density at radius 1 is 1.58 bits per heavy atom. The Balaban J connectivity index is 2.92. The van der Waals surface area contributed by atoms with E-state index in [0.29, 0.717) is 0 Å². The quantitative estimate of drug-likeness (QED) is 0.554. The Kier molecular flexibility index (Phi) is 3.43. The van der Waals surface area contributed by atoms with E-state index >= 15 is 0 Å². The highest BCUT2D eigenvalue weighted by Gasteiger charge is 2.02. The molecule has 1 atom stereocenters. The van der Waals surface area contributed by atoms with E-state index in [1.165, 1.54) is 5.56 Å². The van der Waals surface area contributed by atoms with Gasteiger partial charge in [-0.25, -0.2) is 0 Å². The Hall–Kier alpha value is -0.190. The van der Waals surface area contributed by atoms with Gasteiger partial charge in [-0.1, -0.05) is 12.1 Å². The molecule has 0 aliphatic carbocycles. The molecule has 0 aliphatic heterocycles. The molecule has 0 saturated heterocycles. The van der Waals surface area contributed by atoms with Crippen LogP contribution in [0.2, 0.25) is 0 Å². The van der Waals surface area contributed by atoms with Gasteiger partial charge in [-0.2, -0.15) is 0 Å². The Morgan fingerprint density at radius 2 is 2.25 bits per heavy atom. The fourth-order valence-electron chi connectivity index (χ4n) is 0.918. The van der Waals surface area contributed by atoms with Crippen LogP contribution in [0.15, 0.2) is 22.7 Å². The number of rotatable bonds is 2. The second kappa shape index (κ2) is 4.16. The van der Waals surface area contributed by atoms with Gasteiger partial charge in [0.2, 0.25) is 0 Å². The van der Waals surface area contributed by atoms with Crippen LogP contribution in [0.4, 0.5) is 5.69 Å². The van der Waals surface area contributed by atoms with E-state index in [-0.39, 0.29) is 5.50 Å². The van der Waals surface area contributed by atoms with Crippen molar-refractivity contribution < 1.29 is 0 Å². The molecule has 0 saturated carbocycles. The highest BCUT2D eigenvalue weighted by molar-refractivity contribution is 9.10. The number of aryl methyl sites for hydroxylation is 1. The summed E-state index contributed by atoms with van der Waals surface area (Å²) < 4.78 is 1.04. The molecule has 0 aromatic heterocycles. The zero-order valence-corrected chi connectivity index (χ0v) is 9.19. The average Bonchev–Trinajstić information content (AvgIpc) is 1.98. The third kappa shape index (κ3) is 2.40. The molecule has 1 aromatic rings. The van der Waals surface area contributed by atoms with Crippen LogP contribution in [0.5, 0.6) is 0 Å². The molecule has 66 valence electrons. The summed E-state index contributed by atoms with van der Waals surface area (Å²) in [5.41, 5.74) is 7.29. The number of halogens is 1. The lowest BCUT2D eigenvalue weighted by Crippen LogP contribution is -2.22. The van der Waals surface area contributed by atoms with E-state index in [9.17, 15) is 0 Å². The Bertz CT molecular complexity index is 276. The largest absolute Gasteiger partial charge is 0.361 e. The predicted octanol–water partition coefficient (Wildman–Crippen LogP) is 2.34. The predicted molar refractivity (Wildman–Crippen MR) is 59.5 cm³/mol. The van der Waals surface area contributed by atoms with Crippen molar-refractivity contribution >= 4 is 34.2 Å². The smallest absolute Gasteiger partial charge is 0.120 e. The minimum absolute atomic E-state index is 0.330. The number of hydrogen-bond acceptors (Lipinski definition) is 3. The van der Waals surface area contributed by atoms with Crippen LogP contribution in [-0.4, -0.2) is 5.50 Å². The number of hydrogen-bond donors (Lipinski definition) is 3. The number of thiol groups is 1. The van der Waals surface area contributed by atoms with Crippen LogP contribution in [0.25, 0.3) is 0 Å². The maximum Gasteiger partial charge on any atom is 0.120 e. The molecule has 0 bridgehead atoms. The van der Waals surface area contributed by atoms with Gasteiger partial charge in [-0.3, -0.25) is 0 Å². The second-order valence-electron chi connectivity index (χ2n) is 2.53. The molecule has 0 radical (unpaired) electrons. The zero-order chi connectivity index (χ0) is 9.14. The number of anilines is 1. The first kappa shape index (κ1) is 9.89. The molecule has 0 fully saturated rings. The van der Waals surface area contributed by atoms with Crippen molar-refractivity contribution in [1.29, 1.82) is 0 Å². The van der Waals surface area contributed by atoms with Crippen molar-refractivity contribution in [3.05, 3.63) is 28.2 Å². The number of nitrogens with two attached hydrogens (primary N) is 1. The van der Waals surface area contributed by atoms with E-state index in [4.69, 9.17) is 5.73 Å². The van der Waals surface area contributed by atoms with Crippen molar-refractivity contribution in [2.45, 2.75) is 12.4 Å². The molecule has 2 nitrogen and oxygen atoms in total. The van der Waals surface area contributed by atoms with Gasteiger partial charge in [0.15, 0.2) is 0 Å². The van der Waals surface area contributed by atoms with E-state index in [1.807, 2.05) is 25.1 Å². The van der Waals surface area contributed by atoms with Gasteiger partial charge in [0, 0.05) is 4.47 Å². The first-order chi connectivity index (χ1) is 5.61. The van der Waals surface area contributed by atoms with Gasteiger partial charge < -0.3 is 11.1 Å². The summed E-state index contributed by atoms with van der Waals surface area (Å²) >= 11 is 7.49. The van der Waals surface area contributed by atoms with E-state index < -0.39 is 0 Å². The summed E-state index contributed by atoms with van der Waals surface area (Å²) in [4.78, 5) is 0. The van der Waals surface area contributed by atoms with E-state index in [1.54, 1.807) is 0 Å². The molecule has 1 unspecified atom stereocenters. The lowest BCUT2D eigenvalue weighted by atomic mass is 10.2. The first-order valence-electron chi connectivity index (χ1n) is 3.56. The van der Waals surface area contributed by atoms with Crippen molar-refractivity contribution in [3.63, 3.8) is 0 Å². The second-order valence-corrected chi connectivity index (χ2v) is 3.87. The highest BCUT2D eigenvalue weighted by atomic mass is 79.9.